The van der Waals surface area contributed by atoms with Crippen LogP contribution in [0.1, 0.15) is 63.0 Å². The topological polar surface area (TPSA) is 65.0 Å². The first-order valence-corrected chi connectivity index (χ1v) is 10.8. The van der Waals surface area contributed by atoms with E-state index in [4.69, 9.17) is 9.47 Å². The monoisotopic (exact) mass is 395 g/mol. The lowest BCUT2D eigenvalue weighted by Crippen LogP contribution is -2.39. The van der Waals surface area contributed by atoms with Crippen LogP contribution in [0.25, 0.3) is 0 Å². The number of Topliss-reactive ketones (excluding diaryl/α,β-unsaturated/α-hetero) is 1. The van der Waals surface area contributed by atoms with Gasteiger partial charge in [-0.1, -0.05) is 31.2 Å². The Labute approximate surface area is 172 Å². The highest BCUT2D eigenvalue weighted by Gasteiger charge is 2.43. The fourth-order valence-electron chi connectivity index (χ4n) is 4.73. The molecule has 3 aliphatic rings. The predicted molar refractivity (Wildman–Crippen MR) is 111 cm³/mol. The molecular formula is C24H29NO4. The van der Waals surface area contributed by atoms with Gasteiger partial charge in [-0.05, 0) is 50.2 Å². The van der Waals surface area contributed by atoms with Gasteiger partial charge in [0, 0.05) is 30.4 Å². The number of ether oxygens (including phenoxy) is 2. The van der Waals surface area contributed by atoms with Gasteiger partial charge in [0.05, 0.1) is 17.6 Å². The van der Waals surface area contributed by atoms with E-state index in [1.54, 1.807) is 0 Å². The standard InChI is InChI=1S/C24H29NO4/c1-3-16-9-11-17(12-10-16)22-21(24(27)29-14-18-6-5-13-28-18)15(2)25-19-7-4-8-20(26)23(19)22/h9-12,18,22-23H,3-8,13-14H2,1-2H3/t18-,22-,23?/m1/s1. The van der Waals surface area contributed by atoms with E-state index in [2.05, 4.69) is 36.2 Å². The summed E-state index contributed by atoms with van der Waals surface area (Å²) in [5.74, 6) is -0.872. The number of aliphatic imine (C=N–C) groups is 1. The van der Waals surface area contributed by atoms with Gasteiger partial charge in [0.25, 0.3) is 0 Å². The van der Waals surface area contributed by atoms with Crippen LogP contribution in [-0.4, -0.2) is 36.8 Å². The minimum Gasteiger partial charge on any atom is -0.460 e. The molecule has 1 unspecified atom stereocenters. The minimum atomic E-state index is -0.372. The number of carbonyl (C=O) groups is 2. The van der Waals surface area contributed by atoms with Gasteiger partial charge in [0.15, 0.2) is 0 Å². The van der Waals surface area contributed by atoms with Crippen LogP contribution >= 0.6 is 0 Å². The summed E-state index contributed by atoms with van der Waals surface area (Å²) in [5, 5.41) is 0. The molecular weight excluding hydrogens is 366 g/mol. The van der Waals surface area contributed by atoms with Crippen LogP contribution in [0.2, 0.25) is 0 Å². The molecule has 4 rings (SSSR count). The number of nitrogens with zero attached hydrogens (tertiary/aromatic N) is 1. The number of rotatable bonds is 5. The van der Waals surface area contributed by atoms with Crippen molar-refractivity contribution in [3.63, 3.8) is 0 Å². The summed E-state index contributed by atoms with van der Waals surface area (Å²) in [4.78, 5) is 30.7. The van der Waals surface area contributed by atoms with Crippen LogP contribution in [0.5, 0.6) is 0 Å². The van der Waals surface area contributed by atoms with Crippen molar-refractivity contribution in [3.8, 4) is 0 Å². The van der Waals surface area contributed by atoms with Gasteiger partial charge in [-0.15, -0.1) is 0 Å². The second kappa shape index (κ2) is 8.62. The average molecular weight is 395 g/mol. The summed E-state index contributed by atoms with van der Waals surface area (Å²) in [7, 11) is 0. The molecule has 0 aromatic heterocycles. The zero-order valence-electron chi connectivity index (χ0n) is 17.3. The SMILES string of the molecule is CCc1ccc([C@@H]2C(C(=O)OC[C@H]3CCCO3)=C(C)N=C3CCCC(=O)C32)cc1. The fourth-order valence-corrected chi connectivity index (χ4v) is 4.73. The Kier molecular flexibility index (Phi) is 5.95. The second-order valence-electron chi connectivity index (χ2n) is 8.21. The summed E-state index contributed by atoms with van der Waals surface area (Å²) in [6.45, 7) is 4.95. The lowest BCUT2D eigenvalue weighted by Gasteiger charge is -2.35. The van der Waals surface area contributed by atoms with Crippen molar-refractivity contribution in [1.29, 1.82) is 0 Å². The Balaban J connectivity index is 1.68. The van der Waals surface area contributed by atoms with E-state index < -0.39 is 0 Å². The van der Waals surface area contributed by atoms with E-state index >= 15 is 0 Å². The highest BCUT2D eigenvalue weighted by molar-refractivity contribution is 6.11. The van der Waals surface area contributed by atoms with Crippen LogP contribution in [0.3, 0.4) is 0 Å². The number of carbonyl (C=O) groups excluding carboxylic acids is 2. The molecule has 2 aliphatic heterocycles. The van der Waals surface area contributed by atoms with Crippen LogP contribution < -0.4 is 0 Å². The van der Waals surface area contributed by atoms with Crippen LogP contribution in [-0.2, 0) is 25.5 Å². The highest BCUT2D eigenvalue weighted by Crippen LogP contribution is 2.43. The van der Waals surface area contributed by atoms with Crippen molar-refractivity contribution in [1.82, 2.24) is 0 Å². The lowest BCUT2D eigenvalue weighted by atomic mass is 9.69. The van der Waals surface area contributed by atoms with Crippen LogP contribution in [0, 0.1) is 5.92 Å². The quantitative estimate of drug-likeness (QED) is 0.703. The number of aryl methyl sites for hydroxylation is 1. The molecule has 29 heavy (non-hydrogen) atoms. The van der Waals surface area contributed by atoms with Crippen LogP contribution in [0.4, 0.5) is 0 Å². The molecule has 2 fully saturated rings. The molecule has 1 saturated heterocycles. The van der Waals surface area contributed by atoms with Gasteiger partial charge in [0.1, 0.15) is 12.4 Å². The van der Waals surface area contributed by atoms with E-state index in [-0.39, 0.29) is 36.3 Å². The average Bonchev–Trinajstić information content (AvgIpc) is 3.25. The van der Waals surface area contributed by atoms with Gasteiger partial charge in [-0.3, -0.25) is 9.79 Å². The first-order chi connectivity index (χ1) is 14.1. The number of esters is 1. The number of hydrogen-bond donors (Lipinski definition) is 0. The molecule has 5 nitrogen and oxygen atoms in total. The Bertz CT molecular complexity index is 846. The van der Waals surface area contributed by atoms with Gasteiger partial charge >= 0.3 is 5.97 Å². The normalized spacial score (nSPS) is 26.9. The number of hydrogen-bond acceptors (Lipinski definition) is 5. The van der Waals surface area contributed by atoms with Gasteiger partial charge < -0.3 is 9.47 Å². The molecule has 0 N–H and O–H groups in total. The van der Waals surface area contributed by atoms with E-state index in [1.165, 1.54) is 5.56 Å². The third kappa shape index (κ3) is 4.06. The maximum absolute atomic E-state index is 13.1. The molecule has 3 atom stereocenters. The van der Waals surface area contributed by atoms with Gasteiger partial charge in [-0.25, -0.2) is 4.79 Å². The number of ketones is 1. The third-order valence-corrected chi connectivity index (χ3v) is 6.30. The number of fused-ring (bicyclic) bond motifs is 1. The predicted octanol–water partition coefficient (Wildman–Crippen LogP) is 4.15. The molecule has 0 bridgehead atoms. The summed E-state index contributed by atoms with van der Waals surface area (Å²) in [6, 6.07) is 8.27. The summed E-state index contributed by atoms with van der Waals surface area (Å²) < 4.78 is 11.2. The molecule has 1 aliphatic carbocycles. The molecule has 1 aromatic carbocycles. The third-order valence-electron chi connectivity index (χ3n) is 6.30. The fraction of sp³-hybridized carbons (Fsp3) is 0.542. The van der Waals surface area contributed by atoms with Crippen molar-refractivity contribution >= 4 is 17.5 Å². The van der Waals surface area contributed by atoms with E-state index in [1.807, 2.05) is 6.92 Å². The highest BCUT2D eigenvalue weighted by atomic mass is 16.6. The number of allylic oxidation sites excluding steroid dienone is 1. The Morgan fingerprint density at radius 1 is 1.17 bits per heavy atom. The van der Waals surface area contributed by atoms with Crippen molar-refractivity contribution < 1.29 is 19.1 Å². The number of benzene rings is 1. The summed E-state index contributed by atoms with van der Waals surface area (Å²) in [5.41, 5.74) is 4.33. The van der Waals surface area contributed by atoms with Crippen molar-refractivity contribution in [3.05, 3.63) is 46.7 Å². The Morgan fingerprint density at radius 2 is 1.97 bits per heavy atom. The molecule has 5 heteroatoms. The van der Waals surface area contributed by atoms with E-state index in [0.717, 1.165) is 50.0 Å². The Morgan fingerprint density at radius 3 is 2.66 bits per heavy atom. The zero-order chi connectivity index (χ0) is 20.4. The molecule has 0 amide bonds. The minimum absolute atomic E-state index is 0.0268. The summed E-state index contributed by atoms with van der Waals surface area (Å²) in [6.07, 6.45) is 5.03. The maximum atomic E-state index is 13.1. The first-order valence-electron chi connectivity index (χ1n) is 10.8. The molecule has 0 spiro atoms. The van der Waals surface area contributed by atoms with Crippen molar-refractivity contribution in [2.45, 2.75) is 64.4 Å². The van der Waals surface area contributed by atoms with Crippen LogP contribution in [0.15, 0.2) is 40.5 Å². The summed E-state index contributed by atoms with van der Waals surface area (Å²) >= 11 is 0. The second-order valence-corrected chi connectivity index (χ2v) is 8.21. The molecule has 0 radical (unpaired) electrons. The smallest absolute Gasteiger partial charge is 0.336 e. The maximum Gasteiger partial charge on any atom is 0.336 e. The van der Waals surface area contributed by atoms with E-state index in [0.29, 0.717) is 17.7 Å². The molecule has 154 valence electrons. The zero-order valence-corrected chi connectivity index (χ0v) is 17.3. The van der Waals surface area contributed by atoms with Gasteiger partial charge in [0.2, 0.25) is 0 Å². The molecule has 1 saturated carbocycles. The lowest BCUT2D eigenvalue weighted by molar-refractivity contribution is -0.142. The van der Waals surface area contributed by atoms with E-state index in [9.17, 15) is 9.59 Å². The molecule has 2 heterocycles. The van der Waals surface area contributed by atoms with Crippen molar-refractivity contribution in [2.75, 3.05) is 13.2 Å². The Hall–Kier alpha value is -2.27. The van der Waals surface area contributed by atoms with Crippen molar-refractivity contribution in [2.24, 2.45) is 10.9 Å². The van der Waals surface area contributed by atoms with Gasteiger partial charge in [-0.2, -0.15) is 0 Å². The largest absolute Gasteiger partial charge is 0.460 e. The molecule has 1 aromatic rings. The first kappa shape index (κ1) is 20.0.